The lowest BCUT2D eigenvalue weighted by Crippen LogP contribution is -2.41. The van der Waals surface area contributed by atoms with Crippen molar-refractivity contribution in [2.24, 2.45) is 11.3 Å². The Hall–Kier alpha value is -1.30. The first-order valence-corrected chi connectivity index (χ1v) is 9.78. The van der Waals surface area contributed by atoms with Crippen molar-refractivity contribution in [3.8, 4) is 0 Å². The van der Waals surface area contributed by atoms with Gasteiger partial charge in [-0.3, -0.25) is 4.79 Å². The summed E-state index contributed by atoms with van der Waals surface area (Å²) in [5, 5.41) is 3.33. The average Bonchev–Trinajstić information content (AvgIpc) is 2.49. The molecule has 0 saturated heterocycles. The maximum atomic E-state index is 12.3. The van der Waals surface area contributed by atoms with E-state index in [4.69, 9.17) is 9.47 Å². The van der Waals surface area contributed by atoms with Gasteiger partial charge in [0.15, 0.2) is 0 Å². The third-order valence-electron chi connectivity index (χ3n) is 3.89. The van der Waals surface area contributed by atoms with Crippen LogP contribution in [0.15, 0.2) is 0 Å². The van der Waals surface area contributed by atoms with Crippen LogP contribution in [-0.4, -0.2) is 55.3 Å². The molecule has 6 heteroatoms. The monoisotopic (exact) mass is 372 g/mol. The number of amides is 1. The van der Waals surface area contributed by atoms with Gasteiger partial charge < -0.3 is 19.7 Å². The van der Waals surface area contributed by atoms with Gasteiger partial charge in [-0.1, -0.05) is 13.8 Å². The lowest BCUT2D eigenvalue weighted by Gasteiger charge is -2.29. The zero-order valence-corrected chi connectivity index (χ0v) is 18.1. The van der Waals surface area contributed by atoms with Crippen molar-refractivity contribution in [1.29, 1.82) is 0 Å². The van der Waals surface area contributed by atoms with Crippen molar-refractivity contribution in [1.82, 2.24) is 10.2 Å². The van der Waals surface area contributed by atoms with Gasteiger partial charge in [-0.25, -0.2) is 4.79 Å². The summed E-state index contributed by atoms with van der Waals surface area (Å²) in [4.78, 5) is 26.0. The first-order chi connectivity index (χ1) is 11.9. The first kappa shape index (κ1) is 24.7. The van der Waals surface area contributed by atoms with Gasteiger partial charge in [0.25, 0.3) is 0 Å². The molecule has 0 aliphatic heterocycles. The number of ether oxygens (including phenoxy) is 2. The van der Waals surface area contributed by atoms with E-state index in [1.54, 1.807) is 4.90 Å². The Bertz CT molecular complexity index is 430. The number of hydrogen-bond donors (Lipinski definition) is 1. The second-order valence-corrected chi connectivity index (χ2v) is 8.60. The molecule has 1 amide bonds. The molecule has 154 valence electrons. The lowest BCUT2D eigenvalue weighted by atomic mass is 9.93. The molecule has 0 unspecified atom stereocenters. The topological polar surface area (TPSA) is 67.9 Å². The molecule has 0 aromatic rings. The van der Waals surface area contributed by atoms with E-state index in [0.717, 1.165) is 19.4 Å². The van der Waals surface area contributed by atoms with E-state index < -0.39 is 11.0 Å². The second-order valence-electron chi connectivity index (χ2n) is 8.60. The zero-order valence-electron chi connectivity index (χ0n) is 18.1. The highest BCUT2D eigenvalue weighted by Gasteiger charge is 2.28. The van der Waals surface area contributed by atoms with Crippen LogP contribution in [0.2, 0.25) is 0 Å². The first-order valence-electron chi connectivity index (χ1n) is 9.78. The van der Waals surface area contributed by atoms with Gasteiger partial charge in [0.1, 0.15) is 5.60 Å². The molecular formula is C20H40N2O4. The van der Waals surface area contributed by atoms with Crippen molar-refractivity contribution < 1.29 is 19.1 Å². The normalized spacial score (nSPS) is 13.2. The minimum atomic E-state index is -0.538. The molecule has 0 fully saturated rings. The highest BCUT2D eigenvalue weighted by Crippen LogP contribution is 2.16. The largest absolute Gasteiger partial charge is 0.466 e. The van der Waals surface area contributed by atoms with Gasteiger partial charge in [-0.15, -0.1) is 0 Å². The highest BCUT2D eigenvalue weighted by atomic mass is 16.6. The molecule has 0 rings (SSSR count). The summed E-state index contributed by atoms with van der Waals surface area (Å²) in [6.07, 6.45) is 1.57. The van der Waals surface area contributed by atoms with Gasteiger partial charge in [0, 0.05) is 19.6 Å². The van der Waals surface area contributed by atoms with Crippen LogP contribution in [0, 0.1) is 11.3 Å². The predicted molar refractivity (Wildman–Crippen MR) is 105 cm³/mol. The minimum Gasteiger partial charge on any atom is -0.466 e. The van der Waals surface area contributed by atoms with E-state index in [1.165, 1.54) is 0 Å². The van der Waals surface area contributed by atoms with Gasteiger partial charge in [0.05, 0.1) is 12.0 Å². The molecule has 0 bridgehead atoms. The Morgan fingerprint density at radius 2 is 1.73 bits per heavy atom. The summed E-state index contributed by atoms with van der Waals surface area (Å²) in [7, 11) is 0. The van der Waals surface area contributed by atoms with Crippen molar-refractivity contribution in [3.05, 3.63) is 0 Å². The third kappa shape index (κ3) is 10.6. The fourth-order valence-corrected chi connectivity index (χ4v) is 2.47. The Kier molecular flexibility index (Phi) is 10.8. The smallest absolute Gasteiger partial charge is 0.410 e. The van der Waals surface area contributed by atoms with Crippen LogP contribution in [0.3, 0.4) is 0 Å². The van der Waals surface area contributed by atoms with Gasteiger partial charge in [-0.05, 0) is 66.8 Å². The SMILES string of the molecule is CCCN(C[C@@H](C)CCNCC(C)(C)C(=O)OCC)C(=O)OC(C)(C)C. The summed E-state index contributed by atoms with van der Waals surface area (Å²) in [5.41, 5.74) is -1.02. The molecule has 1 atom stereocenters. The predicted octanol–water partition coefficient (Wildman–Crippen LogP) is 3.84. The number of nitrogens with one attached hydrogen (secondary N) is 1. The Balaban J connectivity index is 4.34. The number of carbonyl (C=O) groups is 2. The van der Waals surface area contributed by atoms with Crippen LogP contribution in [0.5, 0.6) is 0 Å². The Morgan fingerprint density at radius 1 is 1.12 bits per heavy atom. The van der Waals surface area contributed by atoms with E-state index in [0.29, 0.717) is 32.2 Å². The van der Waals surface area contributed by atoms with E-state index in [2.05, 4.69) is 19.2 Å². The van der Waals surface area contributed by atoms with Crippen LogP contribution in [0.25, 0.3) is 0 Å². The quantitative estimate of drug-likeness (QED) is 0.441. The summed E-state index contributed by atoms with van der Waals surface area (Å²) in [6, 6.07) is 0. The van der Waals surface area contributed by atoms with Crippen molar-refractivity contribution in [2.45, 2.75) is 73.8 Å². The molecule has 0 spiro atoms. The molecule has 0 aromatic carbocycles. The van der Waals surface area contributed by atoms with E-state index >= 15 is 0 Å². The highest BCUT2D eigenvalue weighted by molar-refractivity contribution is 5.76. The van der Waals surface area contributed by atoms with Crippen LogP contribution in [0.1, 0.15) is 68.2 Å². The fourth-order valence-electron chi connectivity index (χ4n) is 2.47. The number of rotatable bonds is 11. The summed E-state index contributed by atoms with van der Waals surface area (Å²) in [6.45, 7) is 18.5. The molecule has 26 heavy (non-hydrogen) atoms. The minimum absolute atomic E-state index is 0.181. The van der Waals surface area contributed by atoms with Crippen LogP contribution < -0.4 is 5.32 Å². The van der Waals surface area contributed by atoms with Crippen LogP contribution in [-0.2, 0) is 14.3 Å². The maximum Gasteiger partial charge on any atom is 0.410 e. The number of hydrogen-bond acceptors (Lipinski definition) is 5. The Morgan fingerprint density at radius 3 is 2.23 bits per heavy atom. The Labute approximate surface area is 160 Å². The molecule has 0 radical (unpaired) electrons. The molecule has 0 aliphatic rings. The summed E-state index contributed by atoms with van der Waals surface area (Å²) < 4.78 is 10.6. The number of carbonyl (C=O) groups excluding carboxylic acids is 2. The molecular weight excluding hydrogens is 332 g/mol. The third-order valence-corrected chi connectivity index (χ3v) is 3.89. The lowest BCUT2D eigenvalue weighted by molar-refractivity contribution is -0.153. The van der Waals surface area contributed by atoms with Crippen LogP contribution >= 0.6 is 0 Å². The van der Waals surface area contributed by atoms with Crippen molar-refractivity contribution in [3.63, 3.8) is 0 Å². The van der Waals surface area contributed by atoms with Crippen LogP contribution in [0.4, 0.5) is 4.79 Å². The molecule has 6 nitrogen and oxygen atoms in total. The van der Waals surface area contributed by atoms with Gasteiger partial charge in [-0.2, -0.15) is 0 Å². The maximum absolute atomic E-state index is 12.3. The van der Waals surface area contributed by atoms with E-state index in [-0.39, 0.29) is 12.1 Å². The molecule has 0 heterocycles. The van der Waals surface area contributed by atoms with Gasteiger partial charge in [0.2, 0.25) is 0 Å². The standard InChI is InChI=1S/C20H40N2O4/c1-9-13-22(18(24)26-19(4,5)6)14-16(3)11-12-21-15-20(7,8)17(23)25-10-2/h16,21H,9-15H2,1-8H3/t16-/m0/s1. The van der Waals surface area contributed by atoms with E-state index in [9.17, 15) is 9.59 Å². The zero-order chi connectivity index (χ0) is 20.4. The molecule has 0 saturated carbocycles. The number of esters is 1. The molecule has 0 aliphatic carbocycles. The average molecular weight is 373 g/mol. The molecule has 0 aromatic heterocycles. The fraction of sp³-hybridized carbons (Fsp3) is 0.900. The van der Waals surface area contributed by atoms with Gasteiger partial charge >= 0.3 is 12.1 Å². The second kappa shape index (κ2) is 11.4. The van der Waals surface area contributed by atoms with Crippen molar-refractivity contribution >= 4 is 12.1 Å². The van der Waals surface area contributed by atoms with Crippen molar-refractivity contribution in [2.75, 3.05) is 32.8 Å². The summed E-state index contributed by atoms with van der Waals surface area (Å²) >= 11 is 0. The number of nitrogens with zero attached hydrogens (tertiary/aromatic N) is 1. The molecule has 1 N–H and O–H groups in total. The summed E-state index contributed by atoms with van der Waals surface area (Å²) in [5.74, 6) is 0.159. The van der Waals surface area contributed by atoms with E-state index in [1.807, 2.05) is 41.5 Å².